The number of halogens is 1. The summed E-state index contributed by atoms with van der Waals surface area (Å²) in [6.07, 6.45) is -0.341. The molecule has 2 amide bonds. The molecular weight excluding hydrogens is 362 g/mol. The van der Waals surface area contributed by atoms with Crippen molar-refractivity contribution in [2.24, 2.45) is 0 Å². The van der Waals surface area contributed by atoms with E-state index in [9.17, 15) is 9.59 Å². The van der Waals surface area contributed by atoms with E-state index in [1.807, 2.05) is 54.6 Å². The first-order valence-electron chi connectivity index (χ1n) is 9.08. The zero-order valence-corrected chi connectivity index (χ0v) is 16.6. The van der Waals surface area contributed by atoms with Crippen LogP contribution >= 0.6 is 11.6 Å². The van der Waals surface area contributed by atoms with Crippen LogP contribution in [0.1, 0.15) is 50.2 Å². The minimum atomic E-state index is -0.654. The molecule has 3 rings (SSSR count). The fourth-order valence-corrected chi connectivity index (χ4v) is 3.68. The van der Waals surface area contributed by atoms with Crippen molar-refractivity contribution in [2.75, 3.05) is 6.54 Å². The molecule has 0 unspecified atom stereocenters. The van der Waals surface area contributed by atoms with Crippen molar-refractivity contribution in [2.45, 2.75) is 44.6 Å². The van der Waals surface area contributed by atoms with Gasteiger partial charge in [-0.2, -0.15) is 0 Å². The van der Waals surface area contributed by atoms with Gasteiger partial charge < -0.3 is 4.74 Å². The third-order valence-electron chi connectivity index (χ3n) is 4.68. The molecule has 0 spiro atoms. The zero-order valence-electron chi connectivity index (χ0n) is 15.8. The topological polar surface area (TPSA) is 46.6 Å². The molecule has 0 bridgehead atoms. The van der Waals surface area contributed by atoms with Crippen LogP contribution in [0.25, 0.3) is 0 Å². The van der Waals surface area contributed by atoms with Gasteiger partial charge in [0, 0.05) is 29.8 Å². The smallest absolute Gasteiger partial charge is 0.417 e. The summed E-state index contributed by atoms with van der Waals surface area (Å²) >= 11 is 6.20. The molecule has 2 aromatic carbocycles. The van der Waals surface area contributed by atoms with Crippen molar-refractivity contribution in [1.82, 2.24) is 4.90 Å². The van der Waals surface area contributed by atoms with Gasteiger partial charge in [0.2, 0.25) is 5.91 Å². The van der Waals surface area contributed by atoms with Gasteiger partial charge >= 0.3 is 6.09 Å². The third-order valence-corrected chi connectivity index (χ3v) is 4.91. The Kier molecular flexibility index (Phi) is 5.56. The van der Waals surface area contributed by atoms with Gasteiger partial charge in [-0.05, 0) is 44.0 Å². The number of rotatable bonds is 2. The number of amides is 2. The second-order valence-corrected chi connectivity index (χ2v) is 8.30. The van der Waals surface area contributed by atoms with E-state index in [-0.39, 0.29) is 30.7 Å². The van der Waals surface area contributed by atoms with Gasteiger partial charge in [-0.3, -0.25) is 4.79 Å². The van der Waals surface area contributed by atoms with Crippen molar-refractivity contribution in [3.8, 4) is 0 Å². The summed E-state index contributed by atoms with van der Waals surface area (Å²) < 4.78 is 5.44. The minimum absolute atomic E-state index is 0.0177. The van der Waals surface area contributed by atoms with E-state index in [0.717, 1.165) is 11.1 Å². The lowest BCUT2D eigenvalue weighted by Crippen LogP contribution is -2.47. The molecule has 0 aromatic heterocycles. The Morgan fingerprint density at radius 1 is 1.04 bits per heavy atom. The molecule has 142 valence electrons. The van der Waals surface area contributed by atoms with E-state index in [2.05, 4.69) is 0 Å². The first kappa shape index (κ1) is 19.4. The molecule has 1 saturated heterocycles. The maximum absolute atomic E-state index is 12.7. The van der Waals surface area contributed by atoms with Crippen molar-refractivity contribution in [1.29, 1.82) is 0 Å². The highest BCUT2D eigenvalue weighted by Crippen LogP contribution is 2.41. The Balaban J connectivity index is 1.95. The average Bonchev–Trinajstić information content (AvgIpc) is 2.60. The van der Waals surface area contributed by atoms with Crippen LogP contribution in [0.15, 0.2) is 54.6 Å². The summed E-state index contributed by atoms with van der Waals surface area (Å²) in [5.74, 6) is -0.274. The molecule has 0 radical (unpaired) electrons. The number of hydrogen-bond donors (Lipinski definition) is 0. The molecule has 0 saturated carbocycles. The molecule has 1 fully saturated rings. The summed E-state index contributed by atoms with van der Waals surface area (Å²) in [7, 11) is 0. The largest absolute Gasteiger partial charge is 0.443 e. The molecule has 4 nitrogen and oxygen atoms in total. The number of benzene rings is 2. The highest BCUT2D eigenvalue weighted by molar-refractivity contribution is 6.30. The van der Waals surface area contributed by atoms with Gasteiger partial charge in [0.15, 0.2) is 0 Å². The summed E-state index contributed by atoms with van der Waals surface area (Å²) in [5.41, 5.74) is 1.44. The predicted octanol–water partition coefficient (Wildman–Crippen LogP) is 5.37. The maximum atomic E-state index is 12.7. The van der Waals surface area contributed by atoms with E-state index in [1.165, 1.54) is 4.90 Å². The highest BCUT2D eigenvalue weighted by Gasteiger charge is 2.40. The normalized spacial score (nSPS) is 20.4. The van der Waals surface area contributed by atoms with Crippen LogP contribution in [0.2, 0.25) is 5.02 Å². The summed E-state index contributed by atoms with van der Waals surface area (Å²) in [6.45, 7) is 5.65. The van der Waals surface area contributed by atoms with E-state index in [1.54, 1.807) is 20.8 Å². The Morgan fingerprint density at radius 3 is 2.33 bits per heavy atom. The molecule has 5 heteroatoms. The number of ether oxygens (including phenoxy) is 1. The summed E-state index contributed by atoms with van der Waals surface area (Å²) in [4.78, 5) is 26.5. The van der Waals surface area contributed by atoms with Gasteiger partial charge in [0.05, 0.1) is 0 Å². The Bertz CT molecular complexity index is 829. The van der Waals surface area contributed by atoms with Gasteiger partial charge in [-0.25, -0.2) is 9.69 Å². The summed E-state index contributed by atoms with van der Waals surface area (Å²) in [5, 5.41) is 0.639. The van der Waals surface area contributed by atoms with E-state index < -0.39 is 11.7 Å². The van der Waals surface area contributed by atoms with Gasteiger partial charge in [0.1, 0.15) is 5.60 Å². The standard InChI is InChI=1S/C22H24ClNO3/c1-22(2,3)27-21(26)24-14-19(16-10-7-11-17(23)12-16)18(13-20(24)25)15-8-5-4-6-9-15/h4-12,18-19H,13-14H2,1-3H3/t18-,19+/m0/s1. The predicted molar refractivity (Wildman–Crippen MR) is 106 cm³/mol. The number of likely N-dealkylation sites (tertiary alicyclic amines) is 1. The molecule has 27 heavy (non-hydrogen) atoms. The monoisotopic (exact) mass is 385 g/mol. The number of hydrogen-bond acceptors (Lipinski definition) is 3. The van der Waals surface area contributed by atoms with Crippen LogP contribution in [0.5, 0.6) is 0 Å². The second-order valence-electron chi connectivity index (χ2n) is 7.87. The van der Waals surface area contributed by atoms with Crippen LogP contribution in [-0.4, -0.2) is 29.0 Å². The molecule has 2 aromatic rings. The Labute approximate surface area is 165 Å². The Morgan fingerprint density at radius 2 is 1.70 bits per heavy atom. The van der Waals surface area contributed by atoms with E-state index >= 15 is 0 Å². The molecule has 0 N–H and O–H groups in total. The lowest BCUT2D eigenvalue weighted by Gasteiger charge is -2.38. The summed E-state index contributed by atoms with van der Waals surface area (Å²) in [6, 6.07) is 17.6. The zero-order chi connectivity index (χ0) is 19.6. The third kappa shape index (κ3) is 4.69. The highest BCUT2D eigenvalue weighted by atomic mass is 35.5. The number of piperidine rings is 1. The molecule has 0 aliphatic carbocycles. The number of imide groups is 1. The number of carbonyl (C=O) groups excluding carboxylic acids is 2. The van der Waals surface area contributed by atoms with Crippen LogP contribution in [-0.2, 0) is 9.53 Å². The first-order valence-corrected chi connectivity index (χ1v) is 9.46. The van der Waals surface area contributed by atoms with Crippen LogP contribution in [0.4, 0.5) is 4.79 Å². The van der Waals surface area contributed by atoms with Gasteiger partial charge in [0.25, 0.3) is 0 Å². The lowest BCUT2D eigenvalue weighted by molar-refractivity contribution is -0.133. The van der Waals surface area contributed by atoms with Crippen LogP contribution in [0.3, 0.4) is 0 Å². The molecule has 1 aliphatic rings. The first-order chi connectivity index (χ1) is 12.7. The van der Waals surface area contributed by atoms with Crippen molar-refractivity contribution >= 4 is 23.6 Å². The molecule has 2 atom stereocenters. The Hall–Kier alpha value is -2.33. The lowest BCUT2D eigenvalue weighted by atomic mass is 9.76. The molecule has 1 aliphatic heterocycles. The van der Waals surface area contributed by atoms with Crippen molar-refractivity contribution in [3.63, 3.8) is 0 Å². The molecule has 1 heterocycles. The fraction of sp³-hybridized carbons (Fsp3) is 0.364. The SMILES string of the molecule is CC(C)(C)OC(=O)N1C[C@H](c2cccc(Cl)c2)[C@H](c2ccccc2)CC1=O. The van der Waals surface area contributed by atoms with Gasteiger partial charge in [-0.1, -0.05) is 54.1 Å². The van der Waals surface area contributed by atoms with Crippen LogP contribution < -0.4 is 0 Å². The number of carbonyl (C=O) groups is 2. The van der Waals surface area contributed by atoms with Gasteiger partial charge in [-0.15, -0.1) is 0 Å². The maximum Gasteiger partial charge on any atom is 0.417 e. The quantitative estimate of drug-likeness (QED) is 0.697. The van der Waals surface area contributed by atoms with Crippen molar-refractivity contribution < 1.29 is 14.3 Å². The van der Waals surface area contributed by atoms with E-state index in [0.29, 0.717) is 5.02 Å². The fourth-order valence-electron chi connectivity index (χ4n) is 3.49. The molecular formula is C22H24ClNO3. The van der Waals surface area contributed by atoms with Crippen LogP contribution in [0, 0.1) is 0 Å². The number of nitrogens with zero attached hydrogens (tertiary/aromatic N) is 1. The van der Waals surface area contributed by atoms with Crippen molar-refractivity contribution in [3.05, 3.63) is 70.7 Å². The average molecular weight is 386 g/mol. The van der Waals surface area contributed by atoms with E-state index in [4.69, 9.17) is 16.3 Å². The minimum Gasteiger partial charge on any atom is -0.443 e. The second kappa shape index (κ2) is 7.73.